The van der Waals surface area contributed by atoms with E-state index in [0.717, 1.165) is 0 Å². The topological polar surface area (TPSA) is 104 Å². The van der Waals surface area contributed by atoms with Crippen LogP contribution < -0.4 is 19.5 Å². The lowest BCUT2D eigenvalue weighted by atomic mass is 10.0. The number of carbonyl (C=O) groups excluding carboxylic acids is 3. The van der Waals surface area contributed by atoms with E-state index in [2.05, 4.69) is 5.32 Å². The van der Waals surface area contributed by atoms with E-state index in [9.17, 15) is 14.4 Å². The monoisotopic (exact) mass is 473 g/mol. The van der Waals surface area contributed by atoms with Crippen LogP contribution in [0.2, 0.25) is 0 Å². The Labute approximate surface area is 201 Å². The minimum absolute atomic E-state index is 0.189. The first kappa shape index (κ1) is 23.6. The van der Waals surface area contributed by atoms with Crippen LogP contribution in [0.15, 0.2) is 71.3 Å². The second-order valence-electron chi connectivity index (χ2n) is 7.68. The Kier molecular flexibility index (Phi) is 6.82. The van der Waals surface area contributed by atoms with Crippen molar-refractivity contribution in [2.24, 2.45) is 0 Å². The number of ketones is 2. The van der Waals surface area contributed by atoms with Crippen LogP contribution in [0.25, 0.3) is 11.0 Å². The molecule has 0 radical (unpaired) electrons. The Bertz CT molecular complexity index is 1400. The molecule has 1 heterocycles. The van der Waals surface area contributed by atoms with Gasteiger partial charge in [0.1, 0.15) is 17.6 Å². The summed E-state index contributed by atoms with van der Waals surface area (Å²) in [5.74, 6) is 0.713. The molecular formula is C27H23NO7. The molecule has 8 nitrogen and oxygen atoms in total. The third kappa shape index (κ3) is 5.16. The number of rotatable bonds is 9. The molecule has 0 aliphatic heterocycles. The van der Waals surface area contributed by atoms with Gasteiger partial charge in [-0.05, 0) is 60.7 Å². The van der Waals surface area contributed by atoms with Gasteiger partial charge < -0.3 is 23.9 Å². The lowest BCUT2D eigenvalue weighted by Gasteiger charge is -2.09. The number of ether oxygens (including phenoxy) is 3. The number of methoxy groups -OCH3 is 2. The summed E-state index contributed by atoms with van der Waals surface area (Å²) in [6, 6.07) is 16.5. The van der Waals surface area contributed by atoms with Crippen molar-refractivity contribution in [3.05, 3.63) is 83.6 Å². The summed E-state index contributed by atoms with van der Waals surface area (Å²) in [5.41, 5.74) is 2.34. The van der Waals surface area contributed by atoms with Crippen molar-refractivity contribution in [2.75, 3.05) is 26.1 Å². The molecular weight excluding hydrogens is 450 g/mol. The number of nitrogens with one attached hydrogen (secondary N) is 1. The van der Waals surface area contributed by atoms with Gasteiger partial charge in [-0.15, -0.1) is 0 Å². The van der Waals surface area contributed by atoms with Crippen molar-refractivity contribution >= 4 is 34.1 Å². The average molecular weight is 473 g/mol. The lowest BCUT2D eigenvalue weighted by molar-refractivity contribution is -0.114. The van der Waals surface area contributed by atoms with Crippen molar-refractivity contribution in [1.82, 2.24) is 0 Å². The molecule has 1 aromatic heterocycles. The minimum Gasteiger partial charge on any atom is -0.493 e. The quantitative estimate of drug-likeness (QED) is 0.345. The second kappa shape index (κ2) is 10.1. The summed E-state index contributed by atoms with van der Waals surface area (Å²) in [7, 11) is 3.03. The van der Waals surface area contributed by atoms with Crippen LogP contribution in [0, 0.1) is 0 Å². The zero-order chi connectivity index (χ0) is 24.9. The molecule has 0 unspecified atom stereocenters. The molecule has 4 rings (SSSR count). The zero-order valence-electron chi connectivity index (χ0n) is 19.4. The van der Waals surface area contributed by atoms with E-state index in [1.165, 1.54) is 27.4 Å². The minimum atomic E-state index is -0.253. The Morgan fingerprint density at radius 3 is 2.26 bits per heavy atom. The number of Topliss-reactive ketones (excluding diaryl/α,β-unsaturated/α-hetero) is 1. The fourth-order valence-electron chi connectivity index (χ4n) is 3.58. The predicted octanol–water partition coefficient (Wildman–Crippen LogP) is 4.90. The Morgan fingerprint density at radius 1 is 0.857 bits per heavy atom. The molecule has 0 bridgehead atoms. The van der Waals surface area contributed by atoms with Gasteiger partial charge in [0.25, 0.3) is 0 Å². The number of fused-ring (bicyclic) bond motifs is 1. The van der Waals surface area contributed by atoms with Crippen LogP contribution >= 0.6 is 0 Å². The van der Waals surface area contributed by atoms with Crippen LogP contribution in [0.4, 0.5) is 5.69 Å². The lowest BCUT2D eigenvalue weighted by Crippen LogP contribution is -2.12. The number of hydrogen-bond acceptors (Lipinski definition) is 7. The molecule has 0 aliphatic rings. The highest BCUT2D eigenvalue weighted by molar-refractivity contribution is 6.16. The number of hydrogen-bond donors (Lipinski definition) is 1. The number of benzene rings is 3. The number of anilines is 1. The van der Waals surface area contributed by atoms with E-state index >= 15 is 0 Å². The highest BCUT2D eigenvalue weighted by Gasteiger charge is 2.19. The highest BCUT2D eigenvalue weighted by Crippen LogP contribution is 2.31. The fraction of sp³-hybridized carbons (Fsp3) is 0.148. The van der Waals surface area contributed by atoms with Crippen molar-refractivity contribution in [1.29, 1.82) is 0 Å². The number of amides is 1. The van der Waals surface area contributed by atoms with Gasteiger partial charge in [0.2, 0.25) is 5.91 Å². The van der Waals surface area contributed by atoms with E-state index in [1.807, 2.05) is 0 Å². The molecule has 35 heavy (non-hydrogen) atoms. The molecule has 0 fully saturated rings. The molecule has 8 heteroatoms. The molecule has 3 aromatic carbocycles. The summed E-state index contributed by atoms with van der Waals surface area (Å²) >= 11 is 0. The largest absolute Gasteiger partial charge is 0.493 e. The van der Waals surface area contributed by atoms with Crippen LogP contribution in [0.5, 0.6) is 17.2 Å². The molecule has 0 saturated carbocycles. The SMILES string of the molecule is COc1ccc(C(=O)c2coc3ccc(OCC(=O)c4ccc(NC(C)=O)cc4)cc23)cc1OC. The predicted molar refractivity (Wildman–Crippen MR) is 130 cm³/mol. The van der Waals surface area contributed by atoms with Crippen LogP contribution in [0.3, 0.4) is 0 Å². The summed E-state index contributed by atoms with van der Waals surface area (Å²) in [5, 5.41) is 3.21. The van der Waals surface area contributed by atoms with Gasteiger partial charge in [-0.25, -0.2) is 0 Å². The Morgan fingerprint density at radius 2 is 1.57 bits per heavy atom. The average Bonchev–Trinajstić information content (AvgIpc) is 3.29. The van der Waals surface area contributed by atoms with Gasteiger partial charge in [-0.1, -0.05) is 0 Å². The van der Waals surface area contributed by atoms with Gasteiger partial charge in [0, 0.05) is 29.1 Å². The molecule has 0 aliphatic carbocycles. The first-order chi connectivity index (χ1) is 16.9. The molecule has 1 amide bonds. The van der Waals surface area contributed by atoms with Gasteiger partial charge in [0.05, 0.1) is 19.8 Å². The summed E-state index contributed by atoms with van der Waals surface area (Å²) in [4.78, 5) is 36.8. The van der Waals surface area contributed by atoms with E-state index in [4.69, 9.17) is 18.6 Å². The maximum atomic E-state index is 13.2. The fourth-order valence-corrected chi connectivity index (χ4v) is 3.58. The molecule has 0 atom stereocenters. The van der Waals surface area contributed by atoms with Crippen molar-refractivity contribution < 1.29 is 33.0 Å². The molecule has 4 aromatic rings. The van der Waals surface area contributed by atoms with E-state index in [0.29, 0.717) is 50.6 Å². The Balaban J connectivity index is 1.51. The summed E-state index contributed by atoms with van der Waals surface area (Å²) in [6.45, 7) is 1.22. The normalized spacial score (nSPS) is 10.6. The van der Waals surface area contributed by atoms with Crippen LogP contribution in [-0.4, -0.2) is 38.3 Å². The van der Waals surface area contributed by atoms with Crippen LogP contribution in [0.1, 0.15) is 33.2 Å². The summed E-state index contributed by atoms with van der Waals surface area (Å²) < 4.78 is 21.8. The van der Waals surface area contributed by atoms with Crippen molar-refractivity contribution in [3.8, 4) is 17.2 Å². The van der Waals surface area contributed by atoms with E-state index in [1.54, 1.807) is 60.7 Å². The standard InChI is InChI=1S/C27H23NO7/c1-16(29)28-19-7-4-17(5-8-19)23(30)15-34-20-9-11-24-21(13-20)22(14-35-24)27(31)18-6-10-25(32-2)26(12-18)33-3/h4-14H,15H2,1-3H3,(H,28,29). The van der Waals surface area contributed by atoms with Crippen LogP contribution in [-0.2, 0) is 4.79 Å². The number of furan rings is 1. The molecule has 178 valence electrons. The smallest absolute Gasteiger partial charge is 0.221 e. The van der Waals surface area contributed by atoms with E-state index in [-0.39, 0.29) is 24.1 Å². The van der Waals surface area contributed by atoms with Gasteiger partial charge in [-0.3, -0.25) is 14.4 Å². The molecule has 1 N–H and O–H groups in total. The number of carbonyl (C=O) groups is 3. The third-order valence-electron chi connectivity index (χ3n) is 5.33. The van der Waals surface area contributed by atoms with Crippen molar-refractivity contribution in [2.45, 2.75) is 6.92 Å². The maximum absolute atomic E-state index is 13.2. The van der Waals surface area contributed by atoms with Gasteiger partial charge in [-0.2, -0.15) is 0 Å². The van der Waals surface area contributed by atoms with Gasteiger partial charge in [0.15, 0.2) is 29.7 Å². The first-order valence-electron chi connectivity index (χ1n) is 10.7. The maximum Gasteiger partial charge on any atom is 0.221 e. The van der Waals surface area contributed by atoms with E-state index < -0.39 is 0 Å². The Hall–Kier alpha value is -4.59. The third-order valence-corrected chi connectivity index (χ3v) is 5.33. The van der Waals surface area contributed by atoms with Crippen molar-refractivity contribution in [3.63, 3.8) is 0 Å². The second-order valence-corrected chi connectivity index (χ2v) is 7.68. The zero-order valence-corrected chi connectivity index (χ0v) is 19.4. The molecule has 0 spiro atoms. The summed E-state index contributed by atoms with van der Waals surface area (Å²) in [6.07, 6.45) is 1.40. The van der Waals surface area contributed by atoms with Gasteiger partial charge >= 0.3 is 0 Å². The molecule has 0 saturated heterocycles. The first-order valence-corrected chi connectivity index (χ1v) is 10.7. The highest BCUT2D eigenvalue weighted by atomic mass is 16.5.